The molecular formula is C22H24N2O8. The molecule has 0 radical (unpaired) electrons. The second-order valence-electron chi connectivity index (χ2n) is 6.95. The zero-order valence-corrected chi connectivity index (χ0v) is 18.2. The molecule has 2 heterocycles. The first-order valence-electron chi connectivity index (χ1n) is 9.97. The summed E-state index contributed by atoms with van der Waals surface area (Å²) in [6.45, 7) is 4.46. The number of allylic oxidation sites excluding steroid dienone is 1. The van der Waals surface area contributed by atoms with Crippen LogP contribution in [0.1, 0.15) is 26.3 Å². The van der Waals surface area contributed by atoms with E-state index in [0.717, 1.165) is 7.11 Å². The molecule has 1 aromatic carbocycles. The smallest absolute Gasteiger partial charge is 0.339 e. The Balaban J connectivity index is 2.39. The molecule has 0 unspecified atom stereocenters. The quantitative estimate of drug-likeness (QED) is 0.501. The second-order valence-corrected chi connectivity index (χ2v) is 6.95. The predicted octanol–water partition coefficient (Wildman–Crippen LogP) is 1.04. The lowest BCUT2D eigenvalue weighted by Gasteiger charge is -2.40. The van der Waals surface area contributed by atoms with Gasteiger partial charge in [0, 0.05) is 11.3 Å². The Hall–Kier alpha value is -3.82. The summed E-state index contributed by atoms with van der Waals surface area (Å²) in [4.78, 5) is 53.0. The van der Waals surface area contributed by atoms with Crippen LogP contribution in [0.2, 0.25) is 0 Å². The first-order valence-corrected chi connectivity index (χ1v) is 9.97. The molecule has 1 atom stereocenters. The van der Waals surface area contributed by atoms with Crippen molar-refractivity contribution in [1.29, 1.82) is 0 Å². The van der Waals surface area contributed by atoms with E-state index in [4.69, 9.17) is 24.7 Å². The largest absolute Gasteiger partial charge is 0.466 e. The van der Waals surface area contributed by atoms with Crippen molar-refractivity contribution in [2.75, 3.05) is 31.8 Å². The van der Waals surface area contributed by atoms with Crippen LogP contribution in [-0.4, -0.2) is 50.7 Å². The van der Waals surface area contributed by atoms with E-state index in [9.17, 15) is 19.2 Å². The molecule has 1 aromatic rings. The van der Waals surface area contributed by atoms with Crippen molar-refractivity contribution in [3.8, 4) is 0 Å². The number of benzene rings is 1. The lowest BCUT2D eigenvalue weighted by molar-refractivity contribution is -0.147. The Morgan fingerprint density at radius 3 is 2.34 bits per heavy atom. The van der Waals surface area contributed by atoms with Gasteiger partial charge in [-0.2, -0.15) is 0 Å². The highest BCUT2D eigenvalue weighted by atomic mass is 16.6. The number of hydrogen-bond acceptors (Lipinski definition) is 10. The second kappa shape index (κ2) is 8.74. The van der Waals surface area contributed by atoms with Gasteiger partial charge in [-0.05, 0) is 26.8 Å². The molecular weight excluding hydrogens is 420 g/mol. The number of carbonyl (C=O) groups excluding carboxylic acids is 4. The van der Waals surface area contributed by atoms with Crippen LogP contribution >= 0.6 is 0 Å². The zero-order chi connectivity index (χ0) is 23.6. The maximum atomic E-state index is 13.4. The minimum atomic E-state index is -2.02. The topological polar surface area (TPSA) is 134 Å². The molecule has 32 heavy (non-hydrogen) atoms. The molecule has 0 saturated carbocycles. The fourth-order valence-corrected chi connectivity index (χ4v) is 4.09. The van der Waals surface area contributed by atoms with Crippen LogP contribution in [0.3, 0.4) is 0 Å². The number of nitrogens with zero attached hydrogens (tertiary/aromatic N) is 1. The van der Waals surface area contributed by atoms with E-state index in [0.29, 0.717) is 5.69 Å². The molecule has 0 saturated heterocycles. The third-order valence-corrected chi connectivity index (χ3v) is 5.26. The Morgan fingerprint density at radius 1 is 1.06 bits per heavy atom. The maximum Gasteiger partial charge on any atom is 0.339 e. The number of cyclic esters (lactones) is 1. The summed E-state index contributed by atoms with van der Waals surface area (Å²) in [6.07, 6.45) is 0. The third kappa shape index (κ3) is 3.28. The number of ether oxygens (including phenoxy) is 4. The standard InChI is InChI=1S/C22H24N2O8/c1-5-30-15(25)11-24-14-10-8-7-9-13(14)22(17(18(24)23)20(27)31-6-2)16(19(26)29-4)12(3)32-21(22)28/h7-10H,5-6,11,23H2,1-4H3/t22-/m0/s1. The van der Waals surface area contributed by atoms with Crippen molar-refractivity contribution in [2.45, 2.75) is 26.2 Å². The van der Waals surface area contributed by atoms with Crippen LogP contribution in [0.25, 0.3) is 0 Å². The van der Waals surface area contributed by atoms with Crippen molar-refractivity contribution in [3.05, 3.63) is 52.6 Å². The normalized spacial score (nSPS) is 19.6. The summed E-state index contributed by atoms with van der Waals surface area (Å²) in [7, 11) is 1.15. The number of anilines is 1. The number of nitrogens with two attached hydrogens (primary N) is 1. The van der Waals surface area contributed by atoms with E-state index >= 15 is 0 Å². The van der Waals surface area contributed by atoms with Crippen LogP contribution in [0.4, 0.5) is 5.69 Å². The lowest BCUT2D eigenvalue weighted by atomic mass is 9.66. The van der Waals surface area contributed by atoms with Gasteiger partial charge in [0.1, 0.15) is 29.3 Å². The number of hydrogen-bond donors (Lipinski definition) is 1. The average Bonchev–Trinajstić information content (AvgIpc) is 3.01. The molecule has 10 nitrogen and oxygen atoms in total. The van der Waals surface area contributed by atoms with Gasteiger partial charge in [0.2, 0.25) is 0 Å². The minimum absolute atomic E-state index is 0.0173. The minimum Gasteiger partial charge on any atom is -0.466 e. The molecule has 3 rings (SSSR count). The molecule has 0 amide bonds. The van der Waals surface area contributed by atoms with Gasteiger partial charge in [0.25, 0.3) is 0 Å². The van der Waals surface area contributed by atoms with Gasteiger partial charge in [-0.15, -0.1) is 0 Å². The monoisotopic (exact) mass is 444 g/mol. The van der Waals surface area contributed by atoms with Crippen molar-refractivity contribution in [3.63, 3.8) is 0 Å². The summed E-state index contributed by atoms with van der Waals surface area (Å²) in [5, 5.41) is 0. The van der Waals surface area contributed by atoms with Crippen LogP contribution in [0, 0.1) is 0 Å². The highest BCUT2D eigenvalue weighted by Crippen LogP contribution is 2.54. The number of fused-ring (bicyclic) bond motifs is 2. The van der Waals surface area contributed by atoms with E-state index in [2.05, 4.69) is 0 Å². The molecule has 2 N–H and O–H groups in total. The van der Waals surface area contributed by atoms with Gasteiger partial charge in [0.15, 0.2) is 5.41 Å². The Kier molecular flexibility index (Phi) is 6.24. The summed E-state index contributed by atoms with van der Waals surface area (Å²) in [6, 6.07) is 6.47. The summed E-state index contributed by atoms with van der Waals surface area (Å²) in [5.41, 5.74) is 4.42. The van der Waals surface area contributed by atoms with Crippen LogP contribution in [0.5, 0.6) is 0 Å². The summed E-state index contributed by atoms with van der Waals surface area (Å²) < 4.78 is 20.5. The van der Waals surface area contributed by atoms with E-state index in [1.165, 1.54) is 11.8 Å². The fourth-order valence-electron chi connectivity index (χ4n) is 4.09. The van der Waals surface area contributed by atoms with Crippen molar-refractivity contribution in [1.82, 2.24) is 0 Å². The number of carbonyl (C=O) groups is 4. The SMILES string of the molecule is CCOC(=O)CN1C(N)=C(C(=O)OCC)[C@]2(C(=O)OC(C)=C2C(=O)OC)c2ccccc21. The molecule has 0 aliphatic carbocycles. The molecule has 0 bridgehead atoms. The first-order chi connectivity index (χ1) is 15.2. The summed E-state index contributed by atoms with van der Waals surface area (Å²) >= 11 is 0. The Morgan fingerprint density at radius 2 is 1.72 bits per heavy atom. The molecule has 1 spiro atoms. The van der Waals surface area contributed by atoms with Gasteiger partial charge in [-0.3, -0.25) is 4.79 Å². The van der Waals surface area contributed by atoms with E-state index in [1.54, 1.807) is 38.1 Å². The van der Waals surface area contributed by atoms with Crippen LogP contribution < -0.4 is 10.6 Å². The van der Waals surface area contributed by atoms with Gasteiger partial charge >= 0.3 is 23.9 Å². The van der Waals surface area contributed by atoms with E-state index < -0.39 is 29.3 Å². The average molecular weight is 444 g/mol. The highest BCUT2D eigenvalue weighted by molar-refractivity contribution is 6.16. The fraction of sp³-hybridized carbons (Fsp3) is 0.364. The highest BCUT2D eigenvalue weighted by Gasteiger charge is 2.63. The van der Waals surface area contributed by atoms with Crippen molar-refractivity contribution < 1.29 is 38.1 Å². The van der Waals surface area contributed by atoms with Crippen LogP contribution in [-0.2, 0) is 43.5 Å². The van der Waals surface area contributed by atoms with Crippen molar-refractivity contribution in [2.24, 2.45) is 5.73 Å². The third-order valence-electron chi connectivity index (χ3n) is 5.26. The Bertz CT molecular complexity index is 1060. The maximum absolute atomic E-state index is 13.4. The van der Waals surface area contributed by atoms with Crippen molar-refractivity contribution >= 4 is 29.6 Å². The van der Waals surface area contributed by atoms with Crippen LogP contribution in [0.15, 0.2) is 47.0 Å². The number of rotatable bonds is 6. The van der Waals surface area contributed by atoms with E-state index in [-0.39, 0.29) is 48.0 Å². The molecule has 2 aliphatic heterocycles. The van der Waals surface area contributed by atoms with Gasteiger partial charge in [-0.1, -0.05) is 18.2 Å². The van der Waals surface area contributed by atoms with Gasteiger partial charge in [0.05, 0.1) is 20.3 Å². The van der Waals surface area contributed by atoms with Gasteiger partial charge < -0.3 is 29.6 Å². The zero-order valence-electron chi connectivity index (χ0n) is 18.2. The number of para-hydroxylation sites is 1. The van der Waals surface area contributed by atoms with Gasteiger partial charge in [-0.25, -0.2) is 14.4 Å². The molecule has 170 valence electrons. The summed E-state index contributed by atoms with van der Waals surface area (Å²) in [5.74, 6) is -3.55. The number of esters is 4. The molecule has 0 fully saturated rings. The Labute approximate surface area is 184 Å². The van der Waals surface area contributed by atoms with E-state index in [1.807, 2.05) is 0 Å². The molecule has 10 heteroatoms. The first kappa shape index (κ1) is 22.9. The molecule has 2 aliphatic rings. The predicted molar refractivity (Wildman–Crippen MR) is 111 cm³/mol. The number of methoxy groups -OCH3 is 1. The molecule has 0 aromatic heterocycles. The lowest BCUT2D eigenvalue weighted by Crippen LogP contribution is -2.51.